The first kappa shape index (κ1) is 19.7. The van der Waals surface area contributed by atoms with Crippen molar-refractivity contribution in [3.05, 3.63) is 0 Å². The van der Waals surface area contributed by atoms with Crippen molar-refractivity contribution in [2.24, 2.45) is 5.92 Å². The summed E-state index contributed by atoms with van der Waals surface area (Å²) in [5.74, 6) is 0.0890. The van der Waals surface area contributed by atoms with Gasteiger partial charge in [0.05, 0.1) is 6.26 Å². The predicted octanol–water partition coefficient (Wildman–Crippen LogP) is -0.174. The number of hydrogen-bond acceptors (Lipinski definition) is 4. The Morgan fingerprint density at radius 1 is 1.17 bits per heavy atom. The van der Waals surface area contributed by atoms with Crippen LogP contribution < -0.4 is 10.6 Å². The lowest BCUT2D eigenvalue weighted by molar-refractivity contribution is -0.121. The van der Waals surface area contributed by atoms with E-state index in [1.54, 1.807) is 0 Å². The molecule has 0 aromatic heterocycles. The van der Waals surface area contributed by atoms with Crippen LogP contribution in [-0.4, -0.2) is 75.1 Å². The molecule has 1 aliphatic rings. The number of nitrogens with zero attached hydrogens (tertiary/aromatic N) is 2. The molecule has 0 aromatic carbocycles. The van der Waals surface area contributed by atoms with E-state index in [4.69, 9.17) is 0 Å². The number of nitrogens with one attached hydrogen (secondary N) is 2. The average Bonchev–Trinajstić information content (AvgIpc) is 2.50. The molecule has 0 bridgehead atoms. The average molecular weight is 348 g/mol. The van der Waals surface area contributed by atoms with Crippen molar-refractivity contribution < 1.29 is 18.0 Å². The lowest BCUT2D eigenvalue weighted by Gasteiger charge is -2.30. The van der Waals surface area contributed by atoms with Crippen LogP contribution in [-0.2, 0) is 14.8 Å². The Kier molecular flexibility index (Phi) is 7.77. The van der Waals surface area contributed by atoms with Gasteiger partial charge in [-0.15, -0.1) is 0 Å². The Bertz CT molecular complexity index is 501. The van der Waals surface area contributed by atoms with Crippen molar-refractivity contribution in [3.8, 4) is 0 Å². The molecule has 3 amide bonds. The highest BCUT2D eigenvalue weighted by Crippen LogP contribution is 2.18. The van der Waals surface area contributed by atoms with E-state index in [0.717, 1.165) is 12.8 Å². The fourth-order valence-corrected chi connectivity index (χ4v) is 3.42. The number of carbonyl (C=O) groups is 2. The van der Waals surface area contributed by atoms with Gasteiger partial charge in [0, 0.05) is 32.7 Å². The van der Waals surface area contributed by atoms with Gasteiger partial charge in [-0.3, -0.25) is 4.79 Å². The molecule has 1 fully saturated rings. The van der Waals surface area contributed by atoms with E-state index in [1.807, 2.05) is 13.8 Å². The largest absolute Gasteiger partial charge is 0.355 e. The van der Waals surface area contributed by atoms with E-state index < -0.39 is 10.0 Å². The number of rotatable bonds is 7. The molecule has 1 saturated heterocycles. The standard InChI is InChI=1S/C14H28N4O4S/c1-4-15-13(19)11-17(5-2)14(20)16-10-12-6-8-18(9-7-12)23(3,21)22/h12H,4-11H2,1-3H3,(H,15,19)(H,16,20). The minimum Gasteiger partial charge on any atom is -0.355 e. The lowest BCUT2D eigenvalue weighted by atomic mass is 9.98. The first-order chi connectivity index (χ1) is 10.8. The molecule has 1 aliphatic heterocycles. The minimum atomic E-state index is -3.12. The Morgan fingerprint density at radius 3 is 2.26 bits per heavy atom. The fourth-order valence-electron chi connectivity index (χ4n) is 2.54. The Balaban J connectivity index is 2.37. The van der Waals surface area contributed by atoms with Crippen LogP contribution in [0.25, 0.3) is 0 Å². The van der Waals surface area contributed by atoms with E-state index in [9.17, 15) is 18.0 Å². The summed E-state index contributed by atoms with van der Waals surface area (Å²) < 4.78 is 24.4. The van der Waals surface area contributed by atoms with Crippen LogP contribution in [0.3, 0.4) is 0 Å². The van der Waals surface area contributed by atoms with Gasteiger partial charge in [-0.25, -0.2) is 17.5 Å². The first-order valence-corrected chi connectivity index (χ1v) is 9.87. The number of urea groups is 1. The van der Waals surface area contributed by atoms with Crippen LogP contribution in [0.15, 0.2) is 0 Å². The highest BCUT2D eigenvalue weighted by Gasteiger charge is 2.25. The van der Waals surface area contributed by atoms with Crippen LogP contribution in [0.1, 0.15) is 26.7 Å². The molecule has 1 heterocycles. The van der Waals surface area contributed by atoms with Crippen molar-refractivity contribution in [1.82, 2.24) is 19.8 Å². The second kappa shape index (κ2) is 9.07. The zero-order valence-corrected chi connectivity index (χ0v) is 15.0. The molecule has 134 valence electrons. The van der Waals surface area contributed by atoms with Crippen LogP contribution in [0.4, 0.5) is 4.79 Å². The number of piperidine rings is 1. The summed E-state index contributed by atoms with van der Waals surface area (Å²) in [6.07, 6.45) is 2.68. The quantitative estimate of drug-likeness (QED) is 0.667. The third kappa shape index (κ3) is 6.74. The lowest BCUT2D eigenvalue weighted by Crippen LogP contribution is -2.47. The number of carbonyl (C=O) groups excluding carboxylic acids is 2. The van der Waals surface area contributed by atoms with Gasteiger partial charge in [-0.05, 0) is 32.6 Å². The Morgan fingerprint density at radius 2 is 1.78 bits per heavy atom. The van der Waals surface area contributed by atoms with Crippen LogP contribution in [0, 0.1) is 5.92 Å². The number of sulfonamides is 1. The molecule has 9 heteroatoms. The van der Waals surface area contributed by atoms with Gasteiger partial charge >= 0.3 is 6.03 Å². The van der Waals surface area contributed by atoms with E-state index in [0.29, 0.717) is 32.7 Å². The zero-order chi connectivity index (χ0) is 17.5. The first-order valence-electron chi connectivity index (χ1n) is 8.02. The van der Waals surface area contributed by atoms with Crippen molar-refractivity contribution in [3.63, 3.8) is 0 Å². The van der Waals surface area contributed by atoms with Gasteiger partial charge in [0.1, 0.15) is 6.54 Å². The molecular weight excluding hydrogens is 320 g/mol. The summed E-state index contributed by atoms with van der Waals surface area (Å²) in [5, 5.41) is 5.51. The van der Waals surface area contributed by atoms with Gasteiger partial charge < -0.3 is 15.5 Å². The predicted molar refractivity (Wildman–Crippen MR) is 88.5 cm³/mol. The molecular formula is C14H28N4O4S. The summed E-state index contributed by atoms with van der Waals surface area (Å²) in [7, 11) is -3.12. The van der Waals surface area contributed by atoms with Gasteiger partial charge in [0.25, 0.3) is 0 Å². The Labute approximate surface area is 138 Å². The molecule has 0 aromatic rings. The molecule has 0 saturated carbocycles. The summed E-state index contributed by atoms with van der Waals surface area (Å²) in [6, 6.07) is -0.260. The molecule has 0 radical (unpaired) electrons. The van der Waals surface area contributed by atoms with E-state index in [1.165, 1.54) is 15.5 Å². The third-order valence-corrected chi connectivity index (χ3v) is 5.27. The SMILES string of the molecule is CCNC(=O)CN(CC)C(=O)NCC1CCN(S(C)(=O)=O)CC1. The van der Waals surface area contributed by atoms with Crippen molar-refractivity contribution in [2.45, 2.75) is 26.7 Å². The zero-order valence-electron chi connectivity index (χ0n) is 14.2. The molecule has 0 unspecified atom stereocenters. The molecule has 23 heavy (non-hydrogen) atoms. The van der Waals surface area contributed by atoms with E-state index >= 15 is 0 Å². The van der Waals surface area contributed by atoms with Crippen LogP contribution in [0.5, 0.6) is 0 Å². The molecule has 1 rings (SSSR count). The number of likely N-dealkylation sites (N-methyl/N-ethyl adjacent to an activating group) is 2. The summed E-state index contributed by atoms with van der Waals surface area (Å²) in [4.78, 5) is 25.1. The molecule has 0 spiro atoms. The molecule has 0 aliphatic carbocycles. The number of hydrogen-bond donors (Lipinski definition) is 2. The second-order valence-electron chi connectivity index (χ2n) is 5.76. The van der Waals surface area contributed by atoms with Gasteiger partial charge in [0.2, 0.25) is 15.9 Å². The normalized spacial score (nSPS) is 16.8. The highest BCUT2D eigenvalue weighted by atomic mass is 32.2. The van der Waals surface area contributed by atoms with Crippen molar-refractivity contribution in [1.29, 1.82) is 0 Å². The maximum absolute atomic E-state index is 12.1. The van der Waals surface area contributed by atoms with E-state index in [2.05, 4.69) is 10.6 Å². The van der Waals surface area contributed by atoms with Gasteiger partial charge in [-0.2, -0.15) is 0 Å². The molecule has 8 nitrogen and oxygen atoms in total. The summed E-state index contributed by atoms with van der Waals surface area (Å²) >= 11 is 0. The van der Waals surface area contributed by atoms with Crippen molar-refractivity contribution in [2.75, 3.05) is 45.5 Å². The Hall–Kier alpha value is -1.35. The van der Waals surface area contributed by atoms with Crippen LogP contribution in [0.2, 0.25) is 0 Å². The second-order valence-corrected chi connectivity index (χ2v) is 7.74. The summed E-state index contributed by atoms with van der Waals surface area (Å²) in [6.45, 7) is 6.18. The van der Waals surface area contributed by atoms with Gasteiger partial charge in [0.15, 0.2) is 0 Å². The fraction of sp³-hybridized carbons (Fsp3) is 0.857. The van der Waals surface area contributed by atoms with Gasteiger partial charge in [-0.1, -0.05) is 0 Å². The monoisotopic (exact) mass is 348 g/mol. The molecule has 0 atom stereocenters. The highest BCUT2D eigenvalue weighted by molar-refractivity contribution is 7.88. The third-order valence-electron chi connectivity index (χ3n) is 3.96. The maximum Gasteiger partial charge on any atom is 0.317 e. The summed E-state index contributed by atoms with van der Waals surface area (Å²) in [5.41, 5.74) is 0. The number of amides is 3. The van der Waals surface area contributed by atoms with Crippen LogP contribution >= 0.6 is 0 Å². The van der Waals surface area contributed by atoms with E-state index in [-0.39, 0.29) is 24.4 Å². The topological polar surface area (TPSA) is 98.8 Å². The minimum absolute atomic E-state index is 0.0443. The smallest absolute Gasteiger partial charge is 0.317 e. The molecule has 2 N–H and O–H groups in total. The maximum atomic E-state index is 12.1. The van der Waals surface area contributed by atoms with Crippen molar-refractivity contribution >= 4 is 22.0 Å².